The number of ether oxygens (including phenoxy) is 1. The van der Waals surface area contributed by atoms with Crippen LogP contribution in [0.2, 0.25) is 0 Å². The number of nitrogens with two attached hydrogens (primary N) is 1. The Labute approximate surface area is 110 Å². The average Bonchev–Trinajstić information content (AvgIpc) is 2.80. The third kappa shape index (κ3) is 5.86. The molecule has 1 unspecified atom stereocenters. The van der Waals surface area contributed by atoms with Gasteiger partial charge in [-0.2, -0.15) is 0 Å². The van der Waals surface area contributed by atoms with Gasteiger partial charge in [-0.15, -0.1) is 11.3 Å². The molecule has 0 radical (unpaired) electrons. The van der Waals surface area contributed by atoms with Crippen LogP contribution in [0.15, 0.2) is 12.1 Å². The van der Waals surface area contributed by atoms with E-state index >= 15 is 0 Å². The maximum absolute atomic E-state index is 11.9. The zero-order valence-electron chi connectivity index (χ0n) is 10.5. The lowest BCUT2D eigenvalue weighted by atomic mass is 10.1. The molecule has 3 nitrogen and oxygen atoms in total. The second-order valence-corrected chi connectivity index (χ2v) is 5.30. The highest BCUT2D eigenvalue weighted by Crippen LogP contribution is 2.19. The number of hydrogen-bond donors (Lipinski definition) is 2. The normalized spacial score (nSPS) is 13.2. The Kier molecular flexibility index (Phi) is 7.34. The molecule has 0 aliphatic carbocycles. The fourth-order valence-electron chi connectivity index (χ4n) is 1.61. The number of halogens is 2. The third-order valence-electron chi connectivity index (χ3n) is 2.60. The van der Waals surface area contributed by atoms with Gasteiger partial charge in [0, 0.05) is 22.4 Å². The summed E-state index contributed by atoms with van der Waals surface area (Å²) in [5.41, 5.74) is 2.71. The van der Waals surface area contributed by atoms with Crippen molar-refractivity contribution in [3.05, 3.63) is 21.9 Å². The van der Waals surface area contributed by atoms with E-state index in [1.54, 1.807) is 11.3 Å². The van der Waals surface area contributed by atoms with Crippen molar-refractivity contribution < 1.29 is 13.5 Å². The van der Waals surface area contributed by atoms with Crippen LogP contribution in [-0.2, 0) is 17.6 Å². The SMILES string of the molecule is CCc1ccc(CC(CCOCC(F)F)NN)s1. The molecule has 0 bridgehead atoms. The van der Waals surface area contributed by atoms with Gasteiger partial charge in [0.05, 0.1) is 0 Å². The molecule has 1 rings (SSSR count). The van der Waals surface area contributed by atoms with Crippen LogP contribution in [-0.4, -0.2) is 25.7 Å². The van der Waals surface area contributed by atoms with Gasteiger partial charge >= 0.3 is 0 Å². The van der Waals surface area contributed by atoms with Crippen LogP contribution in [0.25, 0.3) is 0 Å². The number of hydrogen-bond acceptors (Lipinski definition) is 4. The van der Waals surface area contributed by atoms with Crippen molar-refractivity contribution in [1.82, 2.24) is 5.43 Å². The molecular weight excluding hydrogens is 258 g/mol. The predicted octanol–water partition coefficient (Wildman–Crippen LogP) is 2.36. The molecule has 18 heavy (non-hydrogen) atoms. The van der Waals surface area contributed by atoms with Gasteiger partial charge in [0.2, 0.25) is 0 Å². The summed E-state index contributed by atoms with van der Waals surface area (Å²) in [5.74, 6) is 5.45. The first-order chi connectivity index (χ1) is 8.65. The number of hydrazine groups is 1. The number of aryl methyl sites for hydroxylation is 1. The minimum atomic E-state index is -2.40. The van der Waals surface area contributed by atoms with Crippen molar-refractivity contribution in [1.29, 1.82) is 0 Å². The Hall–Kier alpha value is -0.560. The number of rotatable bonds is 9. The Morgan fingerprint density at radius 1 is 1.39 bits per heavy atom. The molecule has 0 amide bonds. The molecule has 3 N–H and O–H groups in total. The van der Waals surface area contributed by atoms with Crippen molar-refractivity contribution in [2.45, 2.75) is 38.7 Å². The van der Waals surface area contributed by atoms with Crippen LogP contribution in [0, 0.1) is 0 Å². The lowest BCUT2D eigenvalue weighted by molar-refractivity contribution is 0.0144. The van der Waals surface area contributed by atoms with Crippen LogP contribution >= 0.6 is 11.3 Å². The van der Waals surface area contributed by atoms with Gasteiger partial charge < -0.3 is 4.74 Å². The van der Waals surface area contributed by atoms with E-state index in [1.165, 1.54) is 9.75 Å². The molecule has 0 aromatic carbocycles. The molecule has 0 saturated heterocycles. The molecule has 0 fully saturated rings. The molecule has 1 atom stereocenters. The molecule has 0 aliphatic rings. The maximum Gasteiger partial charge on any atom is 0.261 e. The van der Waals surface area contributed by atoms with E-state index in [0.29, 0.717) is 13.0 Å². The van der Waals surface area contributed by atoms with E-state index in [4.69, 9.17) is 10.6 Å². The van der Waals surface area contributed by atoms with Crippen molar-refractivity contribution in [2.75, 3.05) is 13.2 Å². The fourth-order valence-corrected chi connectivity index (χ4v) is 2.65. The summed E-state index contributed by atoms with van der Waals surface area (Å²) in [6, 6.07) is 4.26. The van der Waals surface area contributed by atoms with Crippen molar-refractivity contribution in [3.8, 4) is 0 Å². The summed E-state index contributed by atoms with van der Waals surface area (Å²) in [4.78, 5) is 2.60. The smallest absolute Gasteiger partial charge is 0.261 e. The monoisotopic (exact) mass is 278 g/mol. The van der Waals surface area contributed by atoms with Gasteiger partial charge in [0.15, 0.2) is 0 Å². The van der Waals surface area contributed by atoms with Crippen LogP contribution in [0.3, 0.4) is 0 Å². The Morgan fingerprint density at radius 2 is 2.11 bits per heavy atom. The predicted molar refractivity (Wildman–Crippen MR) is 70.0 cm³/mol. The minimum Gasteiger partial charge on any atom is -0.375 e. The Bertz CT molecular complexity index is 334. The van der Waals surface area contributed by atoms with E-state index in [0.717, 1.165) is 12.8 Å². The maximum atomic E-state index is 11.9. The Balaban J connectivity index is 2.28. The summed E-state index contributed by atoms with van der Waals surface area (Å²) in [6.07, 6.45) is 0.0590. The highest BCUT2D eigenvalue weighted by Gasteiger charge is 2.10. The van der Waals surface area contributed by atoms with Crippen LogP contribution < -0.4 is 11.3 Å². The second kappa shape index (κ2) is 8.53. The molecular formula is C12H20F2N2OS. The molecule has 0 spiro atoms. The van der Waals surface area contributed by atoms with Crippen LogP contribution in [0.1, 0.15) is 23.1 Å². The fraction of sp³-hybridized carbons (Fsp3) is 0.667. The van der Waals surface area contributed by atoms with Gasteiger partial charge in [-0.05, 0) is 31.4 Å². The molecule has 0 saturated carbocycles. The van der Waals surface area contributed by atoms with Crippen molar-refractivity contribution in [3.63, 3.8) is 0 Å². The quantitative estimate of drug-likeness (QED) is 0.414. The summed E-state index contributed by atoms with van der Waals surface area (Å²) >= 11 is 1.76. The summed E-state index contributed by atoms with van der Waals surface area (Å²) in [6.45, 7) is 1.91. The topological polar surface area (TPSA) is 47.3 Å². The second-order valence-electron chi connectivity index (χ2n) is 4.04. The lowest BCUT2D eigenvalue weighted by Gasteiger charge is -2.14. The highest BCUT2D eigenvalue weighted by molar-refractivity contribution is 7.11. The van der Waals surface area contributed by atoms with Gasteiger partial charge in [-0.3, -0.25) is 11.3 Å². The lowest BCUT2D eigenvalue weighted by Crippen LogP contribution is -2.37. The summed E-state index contributed by atoms with van der Waals surface area (Å²) < 4.78 is 28.6. The molecule has 1 aromatic heterocycles. The number of thiophene rings is 1. The van der Waals surface area contributed by atoms with E-state index < -0.39 is 13.0 Å². The Morgan fingerprint density at radius 3 is 2.67 bits per heavy atom. The molecule has 6 heteroatoms. The summed E-state index contributed by atoms with van der Waals surface area (Å²) in [5, 5.41) is 0. The van der Waals surface area contributed by atoms with E-state index in [1.807, 2.05) is 0 Å². The van der Waals surface area contributed by atoms with Crippen LogP contribution in [0.4, 0.5) is 8.78 Å². The zero-order chi connectivity index (χ0) is 13.4. The van der Waals surface area contributed by atoms with Crippen molar-refractivity contribution in [2.24, 2.45) is 5.84 Å². The first-order valence-corrected chi connectivity index (χ1v) is 6.87. The van der Waals surface area contributed by atoms with E-state index in [9.17, 15) is 8.78 Å². The molecule has 1 aromatic rings. The van der Waals surface area contributed by atoms with Gasteiger partial charge in [0.1, 0.15) is 6.61 Å². The van der Waals surface area contributed by atoms with Gasteiger partial charge in [0.25, 0.3) is 6.43 Å². The zero-order valence-corrected chi connectivity index (χ0v) is 11.3. The number of nitrogens with one attached hydrogen (secondary N) is 1. The minimum absolute atomic E-state index is 0.0611. The first-order valence-electron chi connectivity index (χ1n) is 6.05. The van der Waals surface area contributed by atoms with Gasteiger partial charge in [-0.1, -0.05) is 6.92 Å². The molecule has 104 valence electrons. The standard InChI is InChI=1S/C12H20F2N2OS/c1-2-10-3-4-11(18-10)7-9(16-15)5-6-17-8-12(13)14/h3-4,9,12,16H,2,5-8,15H2,1H3. The molecule has 1 heterocycles. The van der Waals surface area contributed by atoms with E-state index in [-0.39, 0.29) is 6.04 Å². The summed E-state index contributed by atoms with van der Waals surface area (Å²) in [7, 11) is 0. The van der Waals surface area contributed by atoms with Crippen LogP contribution in [0.5, 0.6) is 0 Å². The molecule has 0 aliphatic heterocycles. The van der Waals surface area contributed by atoms with E-state index in [2.05, 4.69) is 24.5 Å². The number of alkyl halides is 2. The van der Waals surface area contributed by atoms with Gasteiger partial charge in [-0.25, -0.2) is 8.78 Å². The third-order valence-corrected chi connectivity index (χ3v) is 3.86. The highest BCUT2D eigenvalue weighted by atomic mass is 32.1. The van der Waals surface area contributed by atoms with Crippen molar-refractivity contribution >= 4 is 11.3 Å². The average molecular weight is 278 g/mol. The largest absolute Gasteiger partial charge is 0.375 e. The first kappa shape index (κ1) is 15.5.